The summed E-state index contributed by atoms with van der Waals surface area (Å²) in [6, 6.07) is 5.44. The number of piperidine rings is 1. The van der Waals surface area contributed by atoms with Gasteiger partial charge >= 0.3 is 0 Å². The predicted molar refractivity (Wildman–Crippen MR) is 96.6 cm³/mol. The summed E-state index contributed by atoms with van der Waals surface area (Å²) in [5.74, 6) is -0.818. The summed E-state index contributed by atoms with van der Waals surface area (Å²) in [6.07, 6.45) is 1.13. The van der Waals surface area contributed by atoms with Crippen molar-refractivity contribution >= 4 is 17.7 Å². The minimum atomic E-state index is -0.580. The van der Waals surface area contributed by atoms with Gasteiger partial charge in [-0.3, -0.25) is 19.7 Å². The van der Waals surface area contributed by atoms with Crippen molar-refractivity contribution < 1.29 is 19.5 Å². The maximum absolute atomic E-state index is 12.7. The molecular formula is C19H24N4O4. The second kappa shape index (κ2) is 7.38. The largest absolute Gasteiger partial charge is 0.392 e. The van der Waals surface area contributed by atoms with Gasteiger partial charge in [0.05, 0.1) is 6.10 Å². The van der Waals surface area contributed by atoms with Gasteiger partial charge < -0.3 is 20.6 Å². The van der Waals surface area contributed by atoms with Crippen LogP contribution in [0, 0.1) is 0 Å². The Hall–Kier alpha value is -2.29. The van der Waals surface area contributed by atoms with E-state index in [-0.39, 0.29) is 36.3 Å². The molecule has 3 heterocycles. The van der Waals surface area contributed by atoms with E-state index in [0.717, 1.165) is 24.1 Å². The molecule has 1 unspecified atom stereocenters. The van der Waals surface area contributed by atoms with Gasteiger partial charge in [0.25, 0.3) is 5.91 Å². The number of fused-ring (bicyclic) bond motifs is 1. The second-order valence-corrected chi connectivity index (χ2v) is 7.52. The molecule has 3 aliphatic rings. The molecule has 27 heavy (non-hydrogen) atoms. The fourth-order valence-corrected chi connectivity index (χ4v) is 4.08. The summed E-state index contributed by atoms with van der Waals surface area (Å²) in [5.41, 5.74) is 2.62. The minimum absolute atomic E-state index is 0.150. The van der Waals surface area contributed by atoms with E-state index in [4.69, 9.17) is 0 Å². The molecule has 3 atom stereocenters. The molecule has 3 aliphatic heterocycles. The molecule has 2 fully saturated rings. The number of hydrogen-bond acceptors (Lipinski definition) is 6. The number of carbonyl (C=O) groups is 3. The van der Waals surface area contributed by atoms with E-state index in [1.165, 1.54) is 0 Å². The Labute approximate surface area is 157 Å². The molecule has 8 nitrogen and oxygen atoms in total. The molecule has 0 bridgehead atoms. The zero-order valence-electron chi connectivity index (χ0n) is 15.0. The molecule has 144 valence electrons. The molecular weight excluding hydrogens is 348 g/mol. The van der Waals surface area contributed by atoms with Crippen LogP contribution in [0.25, 0.3) is 0 Å². The number of aliphatic hydroxyl groups excluding tert-OH is 1. The van der Waals surface area contributed by atoms with E-state index in [1.54, 1.807) is 4.90 Å². The fourth-order valence-electron chi connectivity index (χ4n) is 4.08. The van der Waals surface area contributed by atoms with Gasteiger partial charge in [0, 0.05) is 44.2 Å². The molecule has 0 aliphatic carbocycles. The summed E-state index contributed by atoms with van der Waals surface area (Å²) in [7, 11) is 0. The number of benzene rings is 1. The number of β-amino-alcohol motifs (C(OH)–C–C–N with tert-alkyl or cyclic N) is 1. The zero-order valence-corrected chi connectivity index (χ0v) is 15.0. The lowest BCUT2D eigenvalue weighted by Gasteiger charge is -2.29. The van der Waals surface area contributed by atoms with Crippen LogP contribution in [0.15, 0.2) is 18.2 Å². The van der Waals surface area contributed by atoms with Crippen LogP contribution in [0.2, 0.25) is 0 Å². The highest BCUT2D eigenvalue weighted by molar-refractivity contribution is 6.05. The number of hydrogen-bond donors (Lipinski definition) is 4. The lowest BCUT2D eigenvalue weighted by atomic mass is 10.0. The first-order valence-corrected chi connectivity index (χ1v) is 9.40. The Morgan fingerprint density at radius 3 is 2.85 bits per heavy atom. The standard InChI is InChI=1S/C19H24N4O4/c24-14-6-13(21-9-14)8-20-7-11-1-2-15-12(5-11)10-23(19(15)27)16-3-4-17(25)22-18(16)26/h1-2,5,13-14,16,20-21,24H,3-4,6-10H2,(H,22,25,26)/t13-,14+,16?/m0/s1. The molecule has 4 N–H and O–H groups in total. The Morgan fingerprint density at radius 1 is 1.26 bits per heavy atom. The number of rotatable bonds is 5. The predicted octanol–water partition coefficient (Wildman–Crippen LogP) is -0.740. The summed E-state index contributed by atoms with van der Waals surface area (Å²) in [4.78, 5) is 37.6. The molecule has 1 aromatic carbocycles. The average Bonchev–Trinajstić information content (AvgIpc) is 3.18. The first-order valence-electron chi connectivity index (χ1n) is 9.40. The maximum Gasteiger partial charge on any atom is 0.255 e. The van der Waals surface area contributed by atoms with Gasteiger partial charge in [-0.1, -0.05) is 12.1 Å². The van der Waals surface area contributed by atoms with E-state index < -0.39 is 6.04 Å². The number of imide groups is 1. The van der Waals surface area contributed by atoms with Gasteiger partial charge in [-0.15, -0.1) is 0 Å². The van der Waals surface area contributed by atoms with Crippen LogP contribution < -0.4 is 16.0 Å². The molecule has 8 heteroatoms. The van der Waals surface area contributed by atoms with Gasteiger partial charge in [-0.25, -0.2) is 0 Å². The van der Waals surface area contributed by atoms with Gasteiger partial charge in [0.15, 0.2) is 0 Å². The number of aliphatic hydroxyl groups is 1. The molecule has 0 aromatic heterocycles. The van der Waals surface area contributed by atoms with E-state index in [9.17, 15) is 19.5 Å². The summed E-state index contributed by atoms with van der Waals surface area (Å²) in [6.45, 7) is 2.48. The Bertz CT molecular complexity index is 781. The van der Waals surface area contributed by atoms with Crippen molar-refractivity contribution in [1.82, 2.24) is 20.9 Å². The summed E-state index contributed by atoms with van der Waals surface area (Å²) >= 11 is 0. The molecule has 0 saturated carbocycles. The first-order chi connectivity index (χ1) is 13.0. The lowest BCUT2D eigenvalue weighted by molar-refractivity contribution is -0.136. The van der Waals surface area contributed by atoms with Crippen molar-refractivity contribution in [2.24, 2.45) is 0 Å². The number of carbonyl (C=O) groups excluding carboxylic acids is 3. The summed E-state index contributed by atoms with van der Waals surface area (Å²) < 4.78 is 0. The highest BCUT2D eigenvalue weighted by Gasteiger charge is 2.39. The van der Waals surface area contributed by atoms with Gasteiger partial charge in [0.1, 0.15) is 6.04 Å². The van der Waals surface area contributed by atoms with Crippen LogP contribution in [-0.4, -0.2) is 59.0 Å². The van der Waals surface area contributed by atoms with Crippen molar-refractivity contribution in [3.05, 3.63) is 34.9 Å². The van der Waals surface area contributed by atoms with Crippen molar-refractivity contribution in [3.8, 4) is 0 Å². The zero-order chi connectivity index (χ0) is 19.0. The van der Waals surface area contributed by atoms with Crippen molar-refractivity contribution in [2.45, 2.75) is 50.5 Å². The quantitative estimate of drug-likeness (QED) is 0.507. The number of amides is 3. The van der Waals surface area contributed by atoms with E-state index in [2.05, 4.69) is 16.0 Å². The van der Waals surface area contributed by atoms with Crippen molar-refractivity contribution in [1.29, 1.82) is 0 Å². The van der Waals surface area contributed by atoms with Crippen LogP contribution >= 0.6 is 0 Å². The molecule has 0 radical (unpaired) electrons. The monoisotopic (exact) mass is 372 g/mol. The maximum atomic E-state index is 12.7. The first kappa shape index (κ1) is 18.1. The van der Waals surface area contributed by atoms with Crippen molar-refractivity contribution in [3.63, 3.8) is 0 Å². The normalized spacial score (nSPS) is 27.8. The van der Waals surface area contributed by atoms with Crippen LogP contribution in [0.5, 0.6) is 0 Å². The van der Waals surface area contributed by atoms with Crippen LogP contribution in [0.4, 0.5) is 0 Å². The topological polar surface area (TPSA) is 111 Å². The van der Waals surface area contributed by atoms with E-state index >= 15 is 0 Å². The molecule has 0 spiro atoms. The third-order valence-electron chi connectivity index (χ3n) is 5.51. The fraction of sp³-hybridized carbons (Fsp3) is 0.526. The van der Waals surface area contributed by atoms with E-state index in [1.807, 2.05) is 18.2 Å². The van der Waals surface area contributed by atoms with E-state index in [0.29, 0.717) is 31.6 Å². The van der Waals surface area contributed by atoms with Gasteiger partial charge in [-0.05, 0) is 30.0 Å². The van der Waals surface area contributed by atoms with Gasteiger partial charge in [-0.2, -0.15) is 0 Å². The molecule has 4 rings (SSSR count). The van der Waals surface area contributed by atoms with Crippen LogP contribution in [0.3, 0.4) is 0 Å². The minimum Gasteiger partial charge on any atom is -0.392 e. The summed E-state index contributed by atoms with van der Waals surface area (Å²) in [5, 5.41) is 18.5. The lowest BCUT2D eigenvalue weighted by Crippen LogP contribution is -2.52. The molecule has 2 saturated heterocycles. The third kappa shape index (κ3) is 3.73. The van der Waals surface area contributed by atoms with Crippen LogP contribution in [0.1, 0.15) is 40.7 Å². The number of nitrogens with zero attached hydrogens (tertiary/aromatic N) is 1. The molecule has 1 aromatic rings. The Kier molecular flexibility index (Phi) is 4.94. The van der Waals surface area contributed by atoms with Crippen LogP contribution in [-0.2, 0) is 22.7 Å². The van der Waals surface area contributed by atoms with Gasteiger partial charge in [0.2, 0.25) is 11.8 Å². The Morgan fingerprint density at radius 2 is 2.11 bits per heavy atom. The highest BCUT2D eigenvalue weighted by atomic mass is 16.3. The SMILES string of the molecule is O=C1CCC(N2Cc3cc(CNC[C@@H]4C[C@@H](O)CN4)ccc3C2=O)C(=O)N1. The highest BCUT2D eigenvalue weighted by Crippen LogP contribution is 2.28. The van der Waals surface area contributed by atoms with Crippen molar-refractivity contribution in [2.75, 3.05) is 13.1 Å². The smallest absolute Gasteiger partial charge is 0.255 e. The average molecular weight is 372 g/mol. The Balaban J connectivity index is 1.37. The second-order valence-electron chi connectivity index (χ2n) is 7.52. The number of nitrogens with one attached hydrogen (secondary N) is 3. The molecule has 3 amide bonds. The third-order valence-corrected chi connectivity index (χ3v) is 5.51.